The molecule has 7 heteroatoms. The average molecular weight is 488 g/mol. The molecule has 3 aromatic rings. The van der Waals surface area contributed by atoms with E-state index in [1.807, 2.05) is 42.5 Å². The predicted octanol–water partition coefficient (Wildman–Crippen LogP) is 5.24. The van der Waals surface area contributed by atoms with E-state index in [4.69, 9.17) is 9.47 Å². The van der Waals surface area contributed by atoms with Crippen molar-refractivity contribution < 1.29 is 29.0 Å². The lowest BCUT2D eigenvalue weighted by molar-refractivity contribution is -0.142. The van der Waals surface area contributed by atoms with Crippen LogP contribution in [0, 0.1) is 11.8 Å². The molecular formula is C29H29NO6. The van der Waals surface area contributed by atoms with Crippen LogP contribution in [0.5, 0.6) is 11.5 Å². The Balaban J connectivity index is 1.38. The van der Waals surface area contributed by atoms with Crippen LogP contribution in [-0.2, 0) is 16.0 Å². The van der Waals surface area contributed by atoms with Gasteiger partial charge in [0, 0.05) is 17.2 Å². The van der Waals surface area contributed by atoms with E-state index in [1.54, 1.807) is 38.5 Å². The van der Waals surface area contributed by atoms with Gasteiger partial charge in [-0.1, -0.05) is 48.9 Å². The number of carbonyl (C=O) groups is 3. The molecule has 0 bridgehead atoms. The summed E-state index contributed by atoms with van der Waals surface area (Å²) in [6, 6.07) is 20.1. The van der Waals surface area contributed by atoms with Crippen molar-refractivity contribution in [1.82, 2.24) is 0 Å². The first-order valence-electron chi connectivity index (χ1n) is 11.9. The summed E-state index contributed by atoms with van der Waals surface area (Å²) in [6.45, 7) is 0. The Hall–Kier alpha value is -4.13. The SMILES string of the molecule is COc1ccc(CC(=O)Nc2ccc(-c3ccc(C(=O)[C@H]4CCC[C@@H]4C(=O)O)cc3)cc2)cc1OC. The summed E-state index contributed by atoms with van der Waals surface area (Å²) < 4.78 is 10.5. The molecule has 0 aliphatic heterocycles. The number of nitrogens with one attached hydrogen (secondary N) is 1. The van der Waals surface area contributed by atoms with Crippen molar-refractivity contribution in [3.63, 3.8) is 0 Å². The number of carboxylic acids is 1. The molecule has 0 unspecified atom stereocenters. The van der Waals surface area contributed by atoms with Gasteiger partial charge in [0.1, 0.15) is 0 Å². The number of rotatable bonds is 9. The van der Waals surface area contributed by atoms with Crippen molar-refractivity contribution >= 4 is 23.3 Å². The van der Waals surface area contributed by atoms with Crippen LogP contribution >= 0.6 is 0 Å². The number of hydrogen-bond donors (Lipinski definition) is 2. The van der Waals surface area contributed by atoms with Crippen LogP contribution in [-0.4, -0.2) is 37.0 Å². The summed E-state index contributed by atoms with van der Waals surface area (Å²) >= 11 is 0. The van der Waals surface area contributed by atoms with Crippen LogP contribution in [0.1, 0.15) is 35.2 Å². The Morgan fingerprint density at radius 1 is 0.833 bits per heavy atom. The number of Topliss-reactive ketones (excluding diaryl/α,β-unsaturated/α-hetero) is 1. The highest BCUT2D eigenvalue weighted by Crippen LogP contribution is 2.35. The van der Waals surface area contributed by atoms with Crippen LogP contribution in [0.3, 0.4) is 0 Å². The van der Waals surface area contributed by atoms with Gasteiger partial charge >= 0.3 is 5.97 Å². The molecule has 7 nitrogen and oxygen atoms in total. The molecule has 0 heterocycles. The van der Waals surface area contributed by atoms with Crippen LogP contribution in [0.4, 0.5) is 5.69 Å². The maximum absolute atomic E-state index is 12.8. The summed E-state index contributed by atoms with van der Waals surface area (Å²) in [5.74, 6) is -0.994. The van der Waals surface area contributed by atoms with Gasteiger partial charge in [0.15, 0.2) is 17.3 Å². The van der Waals surface area contributed by atoms with Gasteiger partial charge in [0.2, 0.25) is 5.91 Å². The van der Waals surface area contributed by atoms with Gasteiger partial charge in [-0.3, -0.25) is 14.4 Å². The van der Waals surface area contributed by atoms with Crippen LogP contribution < -0.4 is 14.8 Å². The maximum atomic E-state index is 12.8. The fourth-order valence-electron chi connectivity index (χ4n) is 4.74. The number of benzene rings is 3. The number of anilines is 1. The van der Waals surface area contributed by atoms with E-state index in [1.165, 1.54) is 0 Å². The zero-order chi connectivity index (χ0) is 25.7. The van der Waals surface area contributed by atoms with Crippen LogP contribution in [0.2, 0.25) is 0 Å². The number of methoxy groups -OCH3 is 2. The third-order valence-electron chi connectivity index (χ3n) is 6.65. The standard InChI is InChI=1S/C29H29NO6/c1-35-25-15-6-18(16-26(25)36-2)17-27(31)30-22-13-11-20(12-14-22)19-7-9-21(10-8-19)28(32)23-4-3-5-24(23)29(33)34/h6-16,23-24H,3-5,17H2,1-2H3,(H,30,31)(H,33,34)/t23-,24-/m0/s1. The summed E-state index contributed by atoms with van der Waals surface area (Å²) in [5.41, 5.74) is 3.89. The molecule has 2 N–H and O–H groups in total. The second-order valence-electron chi connectivity index (χ2n) is 8.92. The molecule has 1 aliphatic carbocycles. The molecule has 4 rings (SSSR count). The topological polar surface area (TPSA) is 102 Å². The Morgan fingerprint density at radius 2 is 1.44 bits per heavy atom. The first kappa shape index (κ1) is 25.0. The van der Waals surface area contributed by atoms with Gasteiger partial charge in [-0.15, -0.1) is 0 Å². The van der Waals surface area contributed by atoms with Crippen molar-refractivity contribution in [2.45, 2.75) is 25.7 Å². The van der Waals surface area contributed by atoms with Gasteiger partial charge in [0.05, 0.1) is 26.6 Å². The average Bonchev–Trinajstić information content (AvgIpc) is 3.39. The minimum Gasteiger partial charge on any atom is -0.493 e. The number of carboxylic acid groups (broad SMARTS) is 1. The fraction of sp³-hybridized carbons (Fsp3) is 0.276. The lowest BCUT2D eigenvalue weighted by Gasteiger charge is -2.14. The zero-order valence-electron chi connectivity index (χ0n) is 20.3. The third kappa shape index (κ3) is 5.57. The van der Waals surface area contributed by atoms with E-state index in [-0.39, 0.29) is 18.1 Å². The molecular weight excluding hydrogens is 458 g/mol. The Labute approximate surface area is 210 Å². The lowest BCUT2D eigenvalue weighted by atomic mass is 9.88. The number of aliphatic carboxylic acids is 1. The summed E-state index contributed by atoms with van der Waals surface area (Å²) in [5, 5.41) is 12.3. The van der Waals surface area contributed by atoms with Gasteiger partial charge in [-0.25, -0.2) is 0 Å². The molecule has 3 aromatic carbocycles. The molecule has 0 saturated heterocycles. The summed E-state index contributed by atoms with van der Waals surface area (Å²) in [6.07, 6.45) is 2.14. The molecule has 1 amide bonds. The Kier molecular flexibility index (Phi) is 7.68. The fourth-order valence-corrected chi connectivity index (χ4v) is 4.74. The summed E-state index contributed by atoms with van der Waals surface area (Å²) in [7, 11) is 3.12. The van der Waals surface area contributed by atoms with E-state index in [2.05, 4.69) is 5.32 Å². The van der Waals surface area contributed by atoms with Crippen molar-refractivity contribution in [2.24, 2.45) is 11.8 Å². The smallest absolute Gasteiger partial charge is 0.307 e. The minimum absolute atomic E-state index is 0.0982. The van der Waals surface area contributed by atoms with Crippen molar-refractivity contribution in [2.75, 3.05) is 19.5 Å². The Bertz CT molecular complexity index is 1250. The number of ether oxygens (including phenoxy) is 2. The quantitative estimate of drug-likeness (QED) is 0.401. The molecule has 36 heavy (non-hydrogen) atoms. The number of amides is 1. The highest BCUT2D eigenvalue weighted by Gasteiger charge is 2.37. The number of carbonyl (C=O) groups excluding carboxylic acids is 2. The highest BCUT2D eigenvalue weighted by atomic mass is 16.5. The number of hydrogen-bond acceptors (Lipinski definition) is 5. The zero-order valence-corrected chi connectivity index (χ0v) is 20.3. The molecule has 1 fully saturated rings. The first-order chi connectivity index (χ1) is 17.4. The third-order valence-corrected chi connectivity index (χ3v) is 6.65. The molecule has 0 aromatic heterocycles. The first-order valence-corrected chi connectivity index (χ1v) is 11.9. The molecule has 1 saturated carbocycles. The molecule has 0 spiro atoms. The second kappa shape index (κ2) is 11.1. The van der Waals surface area contributed by atoms with E-state index < -0.39 is 17.8 Å². The highest BCUT2D eigenvalue weighted by molar-refractivity contribution is 6.00. The lowest BCUT2D eigenvalue weighted by Crippen LogP contribution is -2.25. The molecule has 0 radical (unpaired) electrons. The van der Waals surface area contributed by atoms with Crippen molar-refractivity contribution in [1.29, 1.82) is 0 Å². The van der Waals surface area contributed by atoms with Gasteiger partial charge < -0.3 is 19.9 Å². The Morgan fingerprint density at radius 3 is 2.06 bits per heavy atom. The maximum Gasteiger partial charge on any atom is 0.307 e. The van der Waals surface area contributed by atoms with E-state index in [0.29, 0.717) is 35.6 Å². The molecule has 186 valence electrons. The minimum atomic E-state index is -0.890. The van der Waals surface area contributed by atoms with Gasteiger partial charge in [-0.2, -0.15) is 0 Å². The van der Waals surface area contributed by atoms with E-state index in [9.17, 15) is 19.5 Å². The van der Waals surface area contributed by atoms with Gasteiger partial charge in [-0.05, 0) is 53.8 Å². The molecule has 2 atom stereocenters. The van der Waals surface area contributed by atoms with E-state index in [0.717, 1.165) is 23.1 Å². The van der Waals surface area contributed by atoms with E-state index >= 15 is 0 Å². The normalized spacial score (nSPS) is 16.8. The predicted molar refractivity (Wildman–Crippen MR) is 137 cm³/mol. The van der Waals surface area contributed by atoms with Gasteiger partial charge in [0.25, 0.3) is 0 Å². The van der Waals surface area contributed by atoms with Crippen LogP contribution in [0.25, 0.3) is 11.1 Å². The molecule has 1 aliphatic rings. The van der Waals surface area contributed by atoms with Crippen molar-refractivity contribution in [3.8, 4) is 22.6 Å². The second-order valence-corrected chi connectivity index (χ2v) is 8.92. The number of ketones is 1. The largest absolute Gasteiger partial charge is 0.493 e. The van der Waals surface area contributed by atoms with Crippen LogP contribution in [0.15, 0.2) is 66.7 Å². The summed E-state index contributed by atoms with van der Waals surface area (Å²) in [4.78, 5) is 36.8. The monoisotopic (exact) mass is 487 g/mol. The van der Waals surface area contributed by atoms with Crippen molar-refractivity contribution in [3.05, 3.63) is 77.9 Å².